The Bertz CT molecular complexity index is 588. The highest BCUT2D eigenvalue weighted by molar-refractivity contribution is 5.85. The van der Waals surface area contributed by atoms with Gasteiger partial charge in [0.2, 0.25) is 5.91 Å². The SMILES string of the molecule is Cc1ccc(C2OCCCC2CNC(=O)C2CCCCC2(C)N)cc1.Cl. The average molecular weight is 381 g/mol. The third kappa shape index (κ3) is 4.99. The highest BCUT2D eigenvalue weighted by Gasteiger charge is 2.38. The summed E-state index contributed by atoms with van der Waals surface area (Å²) in [6.07, 6.45) is 6.28. The Kier molecular flexibility index (Phi) is 7.51. The van der Waals surface area contributed by atoms with Crippen LogP contribution in [0.5, 0.6) is 0 Å². The van der Waals surface area contributed by atoms with Gasteiger partial charge in [0.1, 0.15) is 0 Å². The molecule has 1 aliphatic heterocycles. The number of hydrogen-bond acceptors (Lipinski definition) is 3. The van der Waals surface area contributed by atoms with Crippen LogP contribution in [0.2, 0.25) is 0 Å². The molecule has 0 aromatic heterocycles. The van der Waals surface area contributed by atoms with Crippen LogP contribution < -0.4 is 11.1 Å². The fourth-order valence-electron chi connectivity index (χ4n) is 4.32. The van der Waals surface area contributed by atoms with Gasteiger partial charge < -0.3 is 15.8 Å². The number of benzene rings is 1. The van der Waals surface area contributed by atoms with Gasteiger partial charge in [-0.1, -0.05) is 42.7 Å². The lowest BCUT2D eigenvalue weighted by Gasteiger charge is -2.38. The minimum atomic E-state index is -0.373. The topological polar surface area (TPSA) is 64.3 Å². The molecule has 1 saturated carbocycles. The van der Waals surface area contributed by atoms with Gasteiger partial charge in [0.25, 0.3) is 0 Å². The van der Waals surface area contributed by atoms with E-state index in [4.69, 9.17) is 10.5 Å². The molecule has 0 radical (unpaired) electrons. The van der Waals surface area contributed by atoms with Crippen LogP contribution in [0.1, 0.15) is 62.7 Å². The lowest BCUT2D eigenvalue weighted by Crippen LogP contribution is -2.53. The standard InChI is InChI=1S/C21H32N2O2.ClH/c1-15-8-10-16(11-9-15)19-17(6-5-13-25-19)14-23-20(24)18-7-3-4-12-21(18,2)22;/h8-11,17-19H,3-7,12-14,22H2,1-2H3,(H,23,24);1H. The molecular weight excluding hydrogens is 348 g/mol. The molecule has 146 valence electrons. The summed E-state index contributed by atoms with van der Waals surface area (Å²) in [6, 6.07) is 8.56. The number of carbonyl (C=O) groups excluding carboxylic acids is 1. The molecule has 0 spiro atoms. The fraction of sp³-hybridized carbons (Fsp3) is 0.667. The zero-order chi connectivity index (χ0) is 17.9. The first-order valence-electron chi connectivity index (χ1n) is 9.72. The number of amides is 1. The third-order valence-electron chi connectivity index (χ3n) is 5.96. The Morgan fingerprint density at radius 3 is 2.65 bits per heavy atom. The molecule has 3 N–H and O–H groups in total. The molecule has 4 atom stereocenters. The van der Waals surface area contributed by atoms with Crippen molar-refractivity contribution in [3.8, 4) is 0 Å². The van der Waals surface area contributed by atoms with Gasteiger partial charge in [0.05, 0.1) is 12.0 Å². The quantitative estimate of drug-likeness (QED) is 0.832. The number of nitrogens with two attached hydrogens (primary N) is 1. The summed E-state index contributed by atoms with van der Waals surface area (Å²) in [5.74, 6) is 0.384. The first-order valence-corrected chi connectivity index (χ1v) is 9.72. The van der Waals surface area contributed by atoms with Gasteiger partial charge in [-0.3, -0.25) is 4.79 Å². The van der Waals surface area contributed by atoms with Crippen molar-refractivity contribution in [1.29, 1.82) is 0 Å². The van der Waals surface area contributed by atoms with Gasteiger partial charge in [-0.05, 0) is 45.1 Å². The van der Waals surface area contributed by atoms with Gasteiger partial charge in [0, 0.05) is 24.6 Å². The number of nitrogens with one attached hydrogen (secondary N) is 1. The van der Waals surface area contributed by atoms with Crippen molar-refractivity contribution in [3.05, 3.63) is 35.4 Å². The van der Waals surface area contributed by atoms with Gasteiger partial charge in [-0.25, -0.2) is 0 Å². The molecule has 1 aromatic rings. The maximum atomic E-state index is 12.7. The van der Waals surface area contributed by atoms with Gasteiger partial charge >= 0.3 is 0 Å². The van der Waals surface area contributed by atoms with E-state index >= 15 is 0 Å². The average Bonchev–Trinajstić information content (AvgIpc) is 2.60. The first kappa shape index (κ1) is 21.2. The molecule has 1 aliphatic carbocycles. The lowest BCUT2D eigenvalue weighted by molar-refractivity contribution is -0.128. The summed E-state index contributed by atoms with van der Waals surface area (Å²) in [4.78, 5) is 12.7. The molecule has 2 fully saturated rings. The minimum absolute atomic E-state index is 0. The van der Waals surface area contributed by atoms with Crippen molar-refractivity contribution in [2.24, 2.45) is 17.6 Å². The van der Waals surface area contributed by atoms with Crippen LogP contribution in [-0.2, 0) is 9.53 Å². The number of rotatable bonds is 4. The number of aryl methyl sites for hydroxylation is 1. The van der Waals surface area contributed by atoms with Crippen molar-refractivity contribution >= 4 is 18.3 Å². The maximum absolute atomic E-state index is 12.7. The number of ether oxygens (including phenoxy) is 1. The van der Waals surface area contributed by atoms with E-state index in [9.17, 15) is 4.79 Å². The Morgan fingerprint density at radius 1 is 1.23 bits per heavy atom. The second-order valence-corrected chi connectivity index (χ2v) is 8.15. The number of halogens is 1. The van der Waals surface area contributed by atoms with Crippen LogP contribution >= 0.6 is 12.4 Å². The van der Waals surface area contributed by atoms with Crippen LogP contribution in [-0.4, -0.2) is 24.6 Å². The molecule has 1 heterocycles. The van der Waals surface area contributed by atoms with E-state index < -0.39 is 0 Å². The highest BCUT2D eigenvalue weighted by Crippen LogP contribution is 2.34. The van der Waals surface area contributed by atoms with Crippen molar-refractivity contribution in [3.63, 3.8) is 0 Å². The van der Waals surface area contributed by atoms with E-state index in [1.165, 1.54) is 11.1 Å². The van der Waals surface area contributed by atoms with Gasteiger partial charge in [-0.15, -0.1) is 12.4 Å². The Labute approximate surface area is 163 Å². The Hall–Kier alpha value is -1.10. The predicted molar refractivity (Wildman–Crippen MR) is 107 cm³/mol. The second kappa shape index (κ2) is 9.20. The summed E-state index contributed by atoms with van der Waals surface area (Å²) in [7, 11) is 0. The first-order chi connectivity index (χ1) is 12.0. The van der Waals surface area contributed by atoms with Crippen molar-refractivity contribution in [2.45, 2.75) is 64.0 Å². The summed E-state index contributed by atoms with van der Waals surface area (Å²) in [6.45, 7) is 5.59. The van der Waals surface area contributed by atoms with Crippen LogP contribution in [0.4, 0.5) is 0 Å². The van der Waals surface area contributed by atoms with E-state index in [-0.39, 0.29) is 35.9 Å². The van der Waals surface area contributed by atoms with Gasteiger partial charge in [-0.2, -0.15) is 0 Å². The number of carbonyl (C=O) groups is 1. The molecule has 5 heteroatoms. The van der Waals surface area contributed by atoms with Crippen LogP contribution in [0.15, 0.2) is 24.3 Å². The minimum Gasteiger partial charge on any atom is -0.373 e. The molecule has 26 heavy (non-hydrogen) atoms. The molecule has 3 rings (SSSR count). The van der Waals surface area contributed by atoms with E-state index in [1.807, 2.05) is 6.92 Å². The molecule has 4 unspecified atom stereocenters. The second-order valence-electron chi connectivity index (χ2n) is 8.15. The highest BCUT2D eigenvalue weighted by atomic mass is 35.5. The molecule has 1 aromatic carbocycles. The molecule has 0 bridgehead atoms. The molecular formula is C21H33ClN2O2. The number of hydrogen-bond donors (Lipinski definition) is 2. The molecule has 2 aliphatic rings. The summed E-state index contributed by atoms with van der Waals surface area (Å²) >= 11 is 0. The van der Waals surface area contributed by atoms with Crippen molar-refractivity contribution in [2.75, 3.05) is 13.2 Å². The summed E-state index contributed by atoms with van der Waals surface area (Å²) in [5, 5.41) is 3.19. The zero-order valence-electron chi connectivity index (χ0n) is 16.0. The van der Waals surface area contributed by atoms with Crippen LogP contribution in [0.25, 0.3) is 0 Å². The van der Waals surface area contributed by atoms with Crippen LogP contribution in [0.3, 0.4) is 0 Å². The van der Waals surface area contributed by atoms with E-state index in [0.29, 0.717) is 12.5 Å². The van der Waals surface area contributed by atoms with Crippen LogP contribution in [0, 0.1) is 18.8 Å². The smallest absolute Gasteiger partial charge is 0.224 e. The van der Waals surface area contributed by atoms with Crippen molar-refractivity contribution < 1.29 is 9.53 Å². The van der Waals surface area contributed by atoms with E-state index in [1.54, 1.807) is 0 Å². The van der Waals surface area contributed by atoms with Gasteiger partial charge in [0.15, 0.2) is 0 Å². The molecule has 1 amide bonds. The Balaban J connectivity index is 0.00000243. The zero-order valence-corrected chi connectivity index (χ0v) is 16.8. The van der Waals surface area contributed by atoms with E-state index in [2.05, 4.69) is 36.5 Å². The lowest BCUT2D eigenvalue weighted by atomic mass is 9.74. The largest absolute Gasteiger partial charge is 0.373 e. The Morgan fingerprint density at radius 2 is 1.96 bits per heavy atom. The van der Waals surface area contributed by atoms with E-state index in [0.717, 1.165) is 45.1 Å². The van der Waals surface area contributed by atoms with Crippen molar-refractivity contribution in [1.82, 2.24) is 5.32 Å². The fourth-order valence-corrected chi connectivity index (χ4v) is 4.32. The summed E-state index contributed by atoms with van der Waals surface area (Å²) < 4.78 is 6.06. The predicted octanol–water partition coefficient (Wildman–Crippen LogP) is 3.91. The third-order valence-corrected chi connectivity index (χ3v) is 5.96. The maximum Gasteiger partial charge on any atom is 0.224 e. The normalized spacial score (nSPS) is 31.7. The monoisotopic (exact) mass is 380 g/mol. The summed E-state index contributed by atoms with van der Waals surface area (Å²) in [5.41, 5.74) is 8.47. The molecule has 4 nitrogen and oxygen atoms in total. The molecule has 1 saturated heterocycles.